The third-order valence-electron chi connectivity index (χ3n) is 3.54. The standard InChI is InChI=1S/C15H18N2O4/c1-11(15-7-4-8-21-15)16(2)10-14(18)12-5-3-6-13(9-12)17(19)20/h3-9,11,14,18H,10H2,1-2H3. The lowest BCUT2D eigenvalue weighted by Gasteiger charge is -2.25. The molecule has 1 N–H and O–H groups in total. The van der Waals surface area contributed by atoms with E-state index in [1.807, 2.05) is 31.0 Å². The Morgan fingerprint density at radius 1 is 1.38 bits per heavy atom. The maximum atomic E-state index is 10.8. The topological polar surface area (TPSA) is 79.8 Å². The van der Waals surface area contributed by atoms with Crippen LogP contribution in [0.15, 0.2) is 47.1 Å². The van der Waals surface area contributed by atoms with Gasteiger partial charge in [0.05, 0.1) is 23.3 Å². The SMILES string of the molecule is CC(c1ccco1)N(C)CC(O)c1cccc([N+](=O)[O-])c1. The summed E-state index contributed by atoms with van der Waals surface area (Å²) in [5.41, 5.74) is 0.510. The van der Waals surface area contributed by atoms with Crippen molar-refractivity contribution in [2.75, 3.05) is 13.6 Å². The Morgan fingerprint density at radius 3 is 2.76 bits per heavy atom. The number of hydrogen-bond acceptors (Lipinski definition) is 5. The Bertz CT molecular complexity index is 597. The molecule has 0 fully saturated rings. The van der Waals surface area contributed by atoms with Crippen molar-refractivity contribution in [2.45, 2.75) is 19.1 Å². The molecule has 21 heavy (non-hydrogen) atoms. The third kappa shape index (κ3) is 3.68. The number of hydrogen-bond donors (Lipinski definition) is 1. The van der Waals surface area contributed by atoms with E-state index in [2.05, 4.69) is 0 Å². The summed E-state index contributed by atoms with van der Waals surface area (Å²) in [7, 11) is 1.87. The van der Waals surface area contributed by atoms with Gasteiger partial charge in [-0.3, -0.25) is 15.0 Å². The van der Waals surface area contributed by atoms with Crippen molar-refractivity contribution in [3.8, 4) is 0 Å². The average Bonchev–Trinajstić information content (AvgIpc) is 3.00. The summed E-state index contributed by atoms with van der Waals surface area (Å²) in [5, 5.41) is 21.0. The summed E-state index contributed by atoms with van der Waals surface area (Å²) in [6.07, 6.45) is 0.809. The first-order valence-corrected chi connectivity index (χ1v) is 6.65. The molecular weight excluding hydrogens is 272 g/mol. The summed E-state index contributed by atoms with van der Waals surface area (Å²) < 4.78 is 5.34. The zero-order valence-corrected chi connectivity index (χ0v) is 12.0. The van der Waals surface area contributed by atoms with E-state index in [1.165, 1.54) is 12.1 Å². The molecule has 2 atom stereocenters. The lowest BCUT2D eigenvalue weighted by atomic mass is 10.1. The number of furan rings is 1. The Labute approximate surface area is 122 Å². The second-order valence-electron chi connectivity index (χ2n) is 5.00. The summed E-state index contributed by atoms with van der Waals surface area (Å²) in [6, 6.07) is 9.77. The monoisotopic (exact) mass is 290 g/mol. The van der Waals surface area contributed by atoms with Crippen LogP contribution in [0.3, 0.4) is 0 Å². The fourth-order valence-corrected chi connectivity index (χ4v) is 2.13. The van der Waals surface area contributed by atoms with Crippen molar-refractivity contribution in [3.63, 3.8) is 0 Å². The van der Waals surface area contributed by atoms with Gasteiger partial charge in [-0.1, -0.05) is 12.1 Å². The molecule has 112 valence electrons. The quantitative estimate of drug-likeness (QED) is 0.653. The van der Waals surface area contributed by atoms with Crippen LogP contribution in [0.25, 0.3) is 0 Å². The molecule has 2 rings (SSSR count). The molecule has 0 saturated carbocycles. The van der Waals surface area contributed by atoms with E-state index in [0.29, 0.717) is 12.1 Å². The van der Waals surface area contributed by atoms with Gasteiger partial charge < -0.3 is 9.52 Å². The molecule has 6 nitrogen and oxygen atoms in total. The third-order valence-corrected chi connectivity index (χ3v) is 3.54. The van der Waals surface area contributed by atoms with Gasteiger partial charge >= 0.3 is 0 Å². The summed E-state index contributed by atoms with van der Waals surface area (Å²) in [4.78, 5) is 12.2. The minimum Gasteiger partial charge on any atom is -0.468 e. The Kier molecular flexibility index (Phi) is 4.72. The lowest BCUT2D eigenvalue weighted by molar-refractivity contribution is -0.385. The number of aliphatic hydroxyl groups is 1. The van der Waals surface area contributed by atoms with Gasteiger partial charge in [-0.15, -0.1) is 0 Å². The molecule has 2 unspecified atom stereocenters. The average molecular weight is 290 g/mol. The fourth-order valence-electron chi connectivity index (χ4n) is 2.13. The first kappa shape index (κ1) is 15.2. The maximum Gasteiger partial charge on any atom is 0.269 e. The number of likely N-dealkylation sites (N-methyl/N-ethyl adjacent to an activating group) is 1. The minimum atomic E-state index is -0.799. The first-order valence-electron chi connectivity index (χ1n) is 6.65. The van der Waals surface area contributed by atoms with Crippen LogP contribution in [0.5, 0.6) is 0 Å². The molecular formula is C15H18N2O4. The highest BCUT2D eigenvalue weighted by molar-refractivity contribution is 5.35. The number of non-ortho nitro benzene ring substituents is 1. The van der Waals surface area contributed by atoms with E-state index in [9.17, 15) is 15.2 Å². The molecule has 0 saturated heterocycles. The van der Waals surface area contributed by atoms with E-state index in [-0.39, 0.29) is 11.7 Å². The second-order valence-corrected chi connectivity index (χ2v) is 5.00. The predicted octanol–water partition coefficient (Wildman–Crippen LogP) is 2.91. The largest absolute Gasteiger partial charge is 0.468 e. The van der Waals surface area contributed by atoms with Gasteiger partial charge in [0.1, 0.15) is 5.76 Å². The number of nitro benzene ring substituents is 1. The highest BCUT2D eigenvalue weighted by Crippen LogP contribution is 2.24. The van der Waals surface area contributed by atoms with E-state index >= 15 is 0 Å². The number of nitrogens with zero attached hydrogens (tertiary/aromatic N) is 2. The minimum absolute atomic E-state index is 0.00773. The molecule has 1 heterocycles. The van der Waals surface area contributed by atoms with Crippen LogP contribution in [0.2, 0.25) is 0 Å². The molecule has 0 aliphatic carbocycles. The molecule has 0 amide bonds. The number of benzene rings is 1. The van der Waals surface area contributed by atoms with E-state index in [4.69, 9.17) is 4.42 Å². The molecule has 1 aromatic carbocycles. The van der Waals surface area contributed by atoms with E-state index in [1.54, 1.807) is 18.4 Å². The van der Waals surface area contributed by atoms with Crippen molar-refractivity contribution in [3.05, 3.63) is 64.1 Å². The van der Waals surface area contributed by atoms with Gasteiger partial charge in [0.2, 0.25) is 0 Å². The molecule has 0 bridgehead atoms. The van der Waals surface area contributed by atoms with Gasteiger partial charge in [0, 0.05) is 18.7 Å². The van der Waals surface area contributed by atoms with Gasteiger partial charge in [0.25, 0.3) is 5.69 Å². The predicted molar refractivity (Wildman–Crippen MR) is 77.8 cm³/mol. The smallest absolute Gasteiger partial charge is 0.269 e. The first-order chi connectivity index (χ1) is 9.99. The second kappa shape index (κ2) is 6.51. The van der Waals surface area contributed by atoms with E-state index in [0.717, 1.165) is 5.76 Å². The number of rotatable bonds is 6. The lowest BCUT2D eigenvalue weighted by Crippen LogP contribution is -2.27. The van der Waals surface area contributed by atoms with E-state index < -0.39 is 11.0 Å². The Balaban J connectivity index is 2.05. The highest BCUT2D eigenvalue weighted by Gasteiger charge is 2.19. The number of nitro groups is 1. The molecule has 1 aromatic heterocycles. The van der Waals surface area contributed by atoms with Crippen molar-refractivity contribution in [1.82, 2.24) is 4.90 Å². The van der Waals surface area contributed by atoms with Crippen LogP contribution in [-0.4, -0.2) is 28.5 Å². The number of aliphatic hydroxyl groups excluding tert-OH is 1. The van der Waals surface area contributed by atoms with Crippen LogP contribution in [0.4, 0.5) is 5.69 Å². The van der Waals surface area contributed by atoms with Crippen LogP contribution in [-0.2, 0) is 0 Å². The van der Waals surface area contributed by atoms with Gasteiger partial charge in [-0.2, -0.15) is 0 Å². The van der Waals surface area contributed by atoms with Crippen molar-refractivity contribution >= 4 is 5.69 Å². The summed E-state index contributed by atoms with van der Waals surface area (Å²) in [5.74, 6) is 0.809. The molecule has 2 aromatic rings. The molecule has 0 aliphatic rings. The zero-order valence-electron chi connectivity index (χ0n) is 12.0. The van der Waals surface area contributed by atoms with Crippen molar-refractivity contribution in [1.29, 1.82) is 0 Å². The van der Waals surface area contributed by atoms with Crippen LogP contribution in [0.1, 0.15) is 30.4 Å². The van der Waals surface area contributed by atoms with Crippen LogP contribution < -0.4 is 0 Å². The van der Waals surface area contributed by atoms with Gasteiger partial charge in [-0.25, -0.2) is 0 Å². The summed E-state index contributed by atoms with van der Waals surface area (Å²) >= 11 is 0. The summed E-state index contributed by atoms with van der Waals surface area (Å²) in [6.45, 7) is 2.32. The van der Waals surface area contributed by atoms with Crippen molar-refractivity contribution < 1.29 is 14.4 Å². The van der Waals surface area contributed by atoms with Gasteiger partial charge in [-0.05, 0) is 31.7 Å². The molecule has 0 spiro atoms. The highest BCUT2D eigenvalue weighted by atomic mass is 16.6. The van der Waals surface area contributed by atoms with Crippen LogP contribution in [0, 0.1) is 10.1 Å². The van der Waals surface area contributed by atoms with Crippen LogP contribution >= 0.6 is 0 Å². The molecule has 6 heteroatoms. The molecule has 0 radical (unpaired) electrons. The zero-order chi connectivity index (χ0) is 15.4. The normalized spacial score (nSPS) is 14.1. The maximum absolute atomic E-state index is 10.8. The van der Waals surface area contributed by atoms with Gasteiger partial charge in [0.15, 0.2) is 0 Å². The Hall–Kier alpha value is -2.18. The fraction of sp³-hybridized carbons (Fsp3) is 0.333. The Morgan fingerprint density at radius 2 is 2.14 bits per heavy atom. The van der Waals surface area contributed by atoms with Crippen molar-refractivity contribution in [2.24, 2.45) is 0 Å². The molecule has 0 aliphatic heterocycles.